The van der Waals surface area contributed by atoms with Crippen LogP contribution in [-0.2, 0) is 33.3 Å². The number of aromatic nitrogens is 8. The van der Waals surface area contributed by atoms with E-state index in [1.165, 1.54) is 6.33 Å². The minimum Gasteiger partial charge on any atom is -0.497 e. The highest BCUT2D eigenvalue weighted by molar-refractivity contribution is 7.46. The number of anilines is 2. The van der Waals surface area contributed by atoms with Crippen LogP contribution in [0.2, 0.25) is 18.1 Å². The fourth-order valence-electron chi connectivity index (χ4n) is 9.96. The summed E-state index contributed by atoms with van der Waals surface area (Å²) in [5.74, 6) is 2.02. The smallest absolute Gasteiger partial charge is 0.280 e. The normalized spacial score (nSPS) is 20.0. The maximum absolute atomic E-state index is 13.3. The Morgan fingerprint density at radius 1 is 0.753 bits per heavy atom. The maximum atomic E-state index is 13.3. The number of rotatable bonds is 22. The Bertz CT molecular complexity index is 3420. The van der Waals surface area contributed by atoms with Crippen molar-refractivity contribution in [3.05, 3.63) is 161 Å². The standard InChI is InChI=1S/C59H71N10O10PSi/c1-37(2)31-60-57-66-54-51(56(71)67-57)64-36-69(54)49-30-45(79-81(9,10)58(3,4)5)47(77-49)33-75-80(8)78-44-29-48(68-35-63-50-52(61-34-62-53(50)68)65-55(70)38-17-13-11-14-18-38)76-46(44)32-74-59(39-19-15-12-16-20-39,40-21-25-42(72-6)26-22-40)41-23-27-43(73-7)28-24-41/h11-28,34-37,44-49H,29-33H2,1-10H3,(H2,60,66,67,71)(H,61,62,65,70)/t44-,45-,46+,47+,48+,49+,80?/m0/s1. The summed E-state index contributed by atoms with van der Waals surface area (Å²) in [5.41, 5.74) is 3.05. The van der Waals surface area contributed by atoms with E-state index in [0.29, 0.717) is 65.1 Å². The van der Waals surface area contributed by atoms with E-state index in [1.54, 1.807) is 51.1 Å². The van der Waals surface area contributed by atoms with Crippen LogP contribution in [0.25, 0.3) is 22.3 Å². The first kappa shape index (κ1) is 57.3. The Morgan fingerprint density at radius 2 is 1.32 bits per heavy atom. The number of H-pyrrole nitrogens is 1. The molecule has 0 radical (unpaired) electrons. The molecule has 10 rings (SSSR count). The van der Waals surface area contributed by atoms with Crippen LogP contribution in [0.1, 0.15) is 87.0 Å². The van der Waals surface area contributed by atoms with Gasteiger partial charge in [-0.15, -0.1) is 0 Å². The molecular formula is C59H71N10O10PSi. The fraction of sp³-hybridized carbons (Fsp3) is 0.407. The minimum atomic E-state index is -2.35. The van der Waals surface area contributed by atoms with Gasteiger partial charge in [-0.3, -0.25) is 23.7 Å². The van der Waals surface area contributed by atoms with Gasteiger partial charge in [-0.2, -0.15) is 4.98 Å². The summed E-state index contributed by atoms with van der Waals surface area (Å²) < 4.78 is 57.2. The topological polar surface area (TPSA) is 222 Å². The molecule has 4 aromatic heterocycles. The molecule has 1 unspecified atom stereocenters. The van der Waals surface area contributed by atoms with Crippen molar-refractivity contribution in [3.63, 3.8) is 0 Å². The van der Waals surface area contributed by atoms with Gasteiger partial charge in [0.1, 0.15) is 48.1 Å². The number of carbonyl (C=O) groups excluding carboxylic acids is 1. The summed E-state index contributed by atoms with van der Waals surface area (Å²) >= 11 is 0. The molecule has 0 bridgehead atoms. The molecule has 81 heavy (non-hydrogen) atoms. The third kappa shape index (κ3) is 12.3. The summed E-state index contributed by atoms with van der Waals surface area (Å²) in [6.45, 7) is 18.0. The summed E-state index contributed by atoms with van der Waals surface area (Å²) in [7, 11) is -0.684. The first-order valence-corrected chi connectivity index (χ1v) is 31.7. The van der Waals surface area contributed by atoms with Crippen LogP contribution in [0.15, 0.2) is 133 Å². The van der Waals surface area contributed by atoms with Gasteiger partial charge in [0, 0.05) is 31.6 Å². The van der Waals surface area contributed by atoms with Gasteiger partial charge in [-0.1, -0.05) is 107 Å². The zero-order valence-electron chi connectivity index (χ0n) is 47.4. The van der Waals surface area contributed by atoms with Crippen LogP contribution in [0.3, 0.4) is 0 Å². The van der Waals surface area contributed by atoms with Gasteiger partial charge in [0.25, 0.3) is 11.5 Å². The highest BCUT2D eigenvalue weighted by Gasteiger charge is 2.47. The van der Waals surface area contributed by atoms with Crippen molar-refractivity contribution in [2.24, 2.45) is 5.92 Å². The summed E-state index contributed by atoms with van der Waals surface area (Å²) in [6, 6.07) is 34.7. The van der Waals surface area contributed by atoms with Crippen molar-refractivity contribution in [2.45, 2.75) is 108 Å². The lowest BCUT2D eigenvalue weighted by molar-refractivity contribution is -0.0908. The summed E-state index contributed by atoms with van der Waals surface area (Å²) in [5, 5.41) is 6.07. The van der Waals surface area contributed by atoms with Crippen LogP contribution < -0.4 is 25.7 Å². The van der Waals surface area contributed by atoms with E-state index in [2.05, 4.69) is 90.4 Å². The molecule has 4 aromatic carbocycles. The zero-order chi connectivity index (χ0) is 57.1. The lowest BCUT2D eigenvalue weighted by atomic mass is 9.80. The van der Waals surface area contributed by atoms with Crippen LogP contribution >= 0.6 is 8.38 Å². The Balaban J connectivity index is 0.954. The lowest BCUT2D eigenvalue weighted by Gasteiger charge is -2.39. The Labute approximate surface area is 473 Å². The molecule has 426 valence electrons. The van der Waals surface area contributed by atoms with Crippen LogP contribution in [0.5, 0.6) is 11.5 Å². The number of hydrogen-bond acceptors (Lipinski definition) is 16. The number of aromatic amines is 1. The molecule has 6 heterocycles. The third-order valence-corrected chi connectivity index (χ3v) is 20.9. The zero-order valence-corrected chi connectivity index (χ0v) is 49.3. The molecule has 0 saturated carbocycles. The number of ether oxygens (including phenoxy) is 5. The average molecular weight is 1140 g/mol. The quantitative estimate of drug-likeness (QED) is 0.0326. The number of methoxy groups -OCH3 is 2. The van der Waals surface area contributed by atoms with E-state index in [0.717, 1.165) is 16.7 Å². The Kier molecular flexibility index (Phi) is 17.2. The summed E-state index contributed by atoms with van der Waals surface area (Å²) in [4.78, 5) is 52.5. The van der Waals surface area contributed by atoms with Gasteiger partial charge in [-0.25, -0.2) is 19.9 Å². The highest BCUT2D eigenvalue weighted by Crippen LogP contribution is 2.48. The van der Waals surface area contributed by atoms with E-state index in [4.69, 9.17) is 47.1 Å². The maximum Gasteiger partial charge on any atom is 0.280 e. The van der Waals surface area contributed by atoms with Gasteiger partial charge in [0.15, 0.2) is 44.8 Å². The first-order chi connectivity index (χ1) is 38.9. The number of nitrogens with zero attached hydrogens (tertiary/aromatic N) is 7. The lowest BCUT2D eigenvalue weighted by Crippen LogP contribution is -2.46. The number of benzene rings is 4. The first-order valence-electron chi connectivity index (χ1n) is 27.2. The molecule has 3 N–H and O–H groups in total. The third-order valence-electron chi connectivity index (χ3n) is 15.3. The molecule has 2 aliphatic heterocycles. The monoisotopic (exact) mass is 1140 g/mol. The SMILES string of the molecule is COc1ccc(C(OC[C@H]2O[C@@H](n3cnc4c(NC(=O)c5ccccc5)ncnc43)C[C@@H]2OP(C)OC[C@H]2O[C@@H](n3cnc4c(=O)[nH]c(NCC(C)C)nc43)C[C@@H]2O[Si](C)(C)C(C)(C)C)(c2ccccc2)c2ccc(OC)cc2)cc1. The van der Waals surface area contributed by atoms with Crippen molar-refractivity contribution in [2.75, 3.05) is 51.3 Å². The number of hydrogen-bond donors (Lipinski definition) is 3. The van der Waals surface area contributed by atoms with E-state index >= 15 is 0 Å². The Morgan fingerprint density at radius 3 is 1.93 bits per heavy atom. The van der Waals surface area contributed by atoms with Crippen molar-refractivity contribution < 1.29 is 42.0 Å². The van der Waals surface area contributed by atoms with Crippen LogP contribution in [-0.4, -0.2) is 118 Å². The van der Waals surface area contributed by atoms with Gasteiger partial charge in [0.05, 0.1) is 52.3 Å². The molecule has 2 fully saturated rings. The van der Waals surface area contributed by atoms with E-state index in [-0.39, 0.29) is 47.2 Å². The predicted molar refractivity (Wildman–Crippen MR) is 312 cm³/mol. The second-order valence-corrected chi connectivity index (χ2v) is 28.3. The molecule has 0 spiro atoms. The molecule has 2 aliphatic rings. The number of carbonyl (C=O) groups is 1. The van der Waals surface area contributed by atoms with E-state index in [1.807, 2.05) is 88.6 Å². The molecule has 22 heteroatoms. The van der Waals surface area contributed by atoms with Crippen molar-refractivity contribution in [3.8, 4) is 11.5 Å². The van der Waals surface area contributed by atoms with Crippen LogP contribution in [0.4, 0.5) is 11.8 Å². The van der Waals surface area contributed by atoms with E-state index in [9.17, 15) is 9.59 Å². The fourth-order valence-corrected chi connectivity index (χ4v) is 12.3. The Hall–Kier alpha value is -6.94. The second kappa shape index (κ2) is 24.3. The average Bonchev–Trinajstić information content (AvgIpc) is 4.38. The van der Waals surface area contributed by atoms with Gasteiger partial charge >= 0.3 is 0 Å². The molecule has 20 nitrogen and oxygen atoms in total. The van der Waals surface area contributed by atoms with Gasteiger partial charge in [-0.05, 0) is 77.1 Å². The molecule has 0 aliphatic carbocycles. The summed E-state index contributed by atoms with van der Waals surface area (Å²) in [6.07, 6.45) is 2.13. The number of nitrogens with one attached hydrogen (secondary N) is 3. The minimum absolute atomic E-state index is 0.0531. The number of amides is 1. The second-order valence-electron chi connectivity index (χ2n) is 22.2. The molecule has 7 atom stereocenters. The highest BCUT2D eigenvalue weighted by atomic mass is 31.2. The van der Waals surface area contributed by atoms with Gasteiger partial charge < -0.3 is 47.8 Å². The number of imidazole rings is 2. The number of fused-ring (bicyclic) bond motifs is 2. The van der Waals surface area contributed by atoms with E-state index < -0.39 is 53.1 Å². The predicted octanol–water partition coefficient (Wildman–Crippen LogP) is 10.6. The van der Waals surface area contributed by atoms with Crippen molar-refractivity contribution >= 4 is 56.7 Å². The van der Waals surface area contributed by atoms with Crippen molar-refractivity contribution in [1.82, 2.24) is 39.0 Å². The molecule has 1 amide bonds. The van der Waals surface area contributed by atoms with Crippen LogP contribution in [0, 0.1) is 5.92 Å². The van der Waals surface area contributed by atoms with Crippen molar-refractivity contribution in [1.29, 1.82) is 0 Å². The molecule has 8 aromatic rings. The molecule has 2 saturated heterocycles. The van der Waals surface area contributed by atoms with Gasteiger partial charge in [0.2, 0.25) is 5.95 Å². The largest absolute Gasteiger partial charge is 0.497 e. The molecular weight excluding hydrogens is 1070 g/mol.